The molecule has 4 rings (SSSR count). The number of hydrogen-bond donors (Lipinski definition) is 1. The van der Waals surface area contributed by atoms with Crippen molar-refractivity contribution in [3.05, 3.63) is 89.8 Å². The van der Waals surface area contributed by atoms with Gasteiger partial charge in [-0.1, -0.05) is 61.2 Å². The maximum Gasteiger partial charge on any atom is 0.155 e. The second-order valence-electron chi connectivity index (χ2n) is 7.95. The zero-order chi connectivity index (χ0) is 23.3. The molecule has 0 aliphatic rings. The van der Waals surface area contributed by atoms with Gasteiger partial charge in [0.05, 0.1) is 11.8 Å². The number of rotatable bonds is 3. The molecule has 0 amide bonds. The summed E-state index contributed by atoms with van der Waals surface area (Å²) in [4.78, 5) is 14.6. The van der Waals surface area contributed by atoms with E-state index in [0.717, 1.165) is 32.8 Å². The number of fused-ring (bicyclic) bond motifs is 2. The fourth-order valence-corrected chi connectivity index (χ4v) is 3.51. The van der Waals surface area contributed by atoms with Gasteiger partial charge in [-0.25, -0.2) is 0 Å². The quantitative estimate of drug-likeness (QED) is 0.155. The van der Waals surface area contributed by atoms with Crippen molar-refractivity contribution < 1.29 is 30.0 Å². The second kappa shape index (κ2) is 11.5. The minimum absolute atomic E-state index is 0. The van der Waals surface area contributed by atoms with Gasteiger partial charge in [-0.2, -0.15) is 5.26 Å². The Morgan fingerprint density at radius 1 is 1.09 bits per heavy atom. The van der Waals surface area contributed by atoms with Crippen molar-refractivity contribution in [2.24, 2.45) is 0 Å². The van der Waals surface area contributed by atoms with Crippen LogP contribution in [0.1, 0.15) is 44.7 Å². The van der Waals surface area contributed by atoms with Crippen molar-refractivity contribution in [2.45, 2.75) is 33.6 Å². The number of carbonyl (C=O) groups is 1. The van der Waals surface area contributed by atoms with Crippen molar-refractivity contribution in [2.75, 3.05) is 0 Å². The first-order valence-corrected chi connectivity index (χ1v) is 10.4. The molecule has 0 bridgehead atoms. The summed E-state index contributed by atoms with van der Waals surface area (Å²) in [6.07, 6.45) is 3.00. The first-order valence-electron chi connectivity index (χ1n) is 10.4. The van der Waals surface area contributed by atoms with Crippen LogP contribution in [0.3, 0.4) is 0 Å². The van der Waals surface area contributed by atoms with Gasteiger partial charge in [0.15, 0.2) is 5.78 Å². The van der Waals surface area contributed by atoms with Crippen molar-refractivity contribution in [1.29, 1.82) is 5.26 Å². The Morgan fingerprint density at radius 2 is 1.82 bits per heavy atom. The minimum atomic E-state index is -0.125. The molecule has 4 aromatic rings. The number of allylic oxidation sites excluding steroid dienone is 2. The number of nitriles is 1. The number of aliphatic hydroxyl groups excluding tert-OH is 1. The summed E-state index contributed by atoms with van der Waals surface area (Å²) in [5.74, 6) is 0.422. The maximum atomic E-state index is 10.0. The van der Waals surface area contributed by atoms with Gasteiger partial charge in [-0.05, 0) is 47.7 Å². The van der Waals surface area contributed by atoms with Crippen LogP contribution in [-0.4, -0.2) is 15.9 Å². The molecule has 0 fully saturated rings. The molecule has 4 nitrogen and oxygen atoms in total. The number of benzene rings is 3. The fraction of sp³-hybridized carbons (Fsp3) is 0.179. The Hall–Kier alpha value is -3.32. The van der Waals surface area contributed by atoms with Crippen LogP contribution in [0.4, 0.5) is 0 Å². The topological polar surface area (TPSA) is 74.0 Å². The standard InChI is InChI=1S/C23H17N2.C5H8O2.Ir/c1-15(2)16-7-8-22-18(11-16)9-10-25-23(22)19-12-17-5-3-4-6-21(17)20(13-19)14-24;1-4(6)3-5(2)7;/h3-11,13,15H,1-2H3;3,6H,1-2H3;/q-1;;/b;4-3-;. The summed E-state index contributed by atoms with van der Waals surface area (Å²) >= 11 is 0. The van der Waals surface area contributed by atoms with Gasteiger partial charge in [0.2, 0.25) is 0 Å². The van der Waals surface area contributed by atoms with Gasteiger partial charge in [0.25, 0.3) is 0 Å². The van der Waals surface area contributed by atoms with Gasteiger partial charge in [0, 0.05) is 38.1 Å². The van der Waals surface area contributed by atoms with Crippen LogP contribution in [0.15, 0.2) is 72.6 Å². The molecule has 169 valence electrons. The third-order valence-electron chi connectivity index (χ3n) is 5.02. The number of nitrogens with zero attached hydrogens (tertiary/aromatic N) is 2. The largest absolute Gasteiger partial charge is 0.512 e. The molecule has 0 saturated carbocycles. The Bertz CT molecular complexity index is 1360. The van der Waals surface area contributed by atoms with E-state index < -0.39 is 0 Å². The summed E-state index contributed by atoms with van der Waals surface area (Å²) in [5.41, 5.74) is 3.69. The van der Waals surface area contributed by atoms with Crippen molar-refractivity contribution >= 4 is 27.3 Å². The van der Waals surface area contributed by atoms with Crippen molar-refractivity contribution in [1.82, 2.24) is 4.98 Å². The van der Waals surface area contributed by atoms with Gasteiger partial charge in [-0.3, -0.25) is 9.78 Å². The van der Waals surface area contributed by atoms with Crippen LogP contribution < -0.4 is 0 Å². The van der Waals surface area contributed by atoms with Crippen LogP contribution in [0, 0.1) is 17.4 Å². The smallest absolute Gasteiger partial charge is 0.155 e. The number of aliphatic hydroxyl groups is 1. The summed E-state index contributed by atoms with van der Waals surface area (Å²) in [6, 6.07) is 24.0. The Balaban J connectivity index is 0.000000423. The normalized spacial score (nSPS) is 10.8. The Morgan fingerprint density at radius 3 is 2.42 bits per heavy atom. The molecule has 0 atom stereocenters. The molecule has 3 aromatic carbocycles. The monoisotopic (exact) mass is 614 g/mol. The van der Waals surface area contributed by atoms with Gasteiger partial charge >= 0.3 is 0 Å². The van der Waals surface area contributed by atoms with E-state index in [1.807, 2.05) is 42.6 Å². The third kappa shape index (κ3) is 6.35. The van der Waals surface area contributed by atoms with E-state index in [2.05, 4.69) is 49.2 Å². The Kier molecular flexibility index (Phi) is 9.05. The van der Waals surface area contributed by atoms with E-state index in [4.69, 9.17) is 5.11 Å². The number of ketones is 1. The van der Waals surface area contributed by atoms with E-state index in [1.54, 1.807) is 0 Å². The predicted octanol–water partition coefficient (Wildman–Crippen LogP) is 6.88. The molecule has 1 radical (unpaired) electrons. The molecule has 1 heterocycles. The molecule has 0 aliphatic carbocycles. The van der Waals surface area contributed by atoms with Crippen LogP contribution in [0.25, 0.3) is 32.8 Å². The average molecular weight is 614 g/mol. The van der Waals surface area contributed by atoms with Crippen LogP contribution >= 0.6 is 0 Å². The molecular formula is C28H25IrN2O2-. The maximum absolute atomic E-state index is 10.0. The van der Waals surface area contributed by atoms with Crippen molar-refractivity contribution in [3.63, 3.8) is 0 Å². The van der Waals surface area contributed by atoms with Crippen LogP contribution in [0.2, 0.25) is 0 Å². The van der Waals surface area contributed by atoms with Crippen molar-refractivity contribution in [3.8, 4) is 17.3 Å². The Labute approximate surface area is 207 Å². The molecule has 5 heteroatoms. The molecule has 1 N–H and O–H groups in total. The fourth-order valence-electron chi connectivity index (χ4n) is 3.51. The van der Waals surface area contributed by atoms with E-state index in [-0.39, 0.29) is 31.6 Å². The van der Waals surface area contributed by atoms with Gasteiger partial charge in [0.1, 0.15) is 0 Å². The summed E-state index contributed by atoms with van der Waals surface area (Å²) in [5, 5.41) is 22.0. The van der Waals surface area contributed by atoms with Gasteiger partial charge < -0.3 is 5.11 Å². The molecule has 0 spiro atoms. The summed E-state index contributed by atoms with van der Waals surface area (Å²) in [7, 11) is 0. The first kappa shape index (κ1) is 25.9. The SMILES string of the molecule is CC(=O)/C=C(/C)O.CC(C)c1ccc2c(-c3[c-]c4ccccc4c(C#N)c3)nccc2c1.[Ir]. The second-order valence-corrected chi connectivity index (χ2v) is 7.95. The third-order valence-corrected chi connectivity index (χ3v) is 5.02. The zero-order valence-electron chi connectivity index (χ0n) is 19.0. The van der Waals surface area contributed by atoms with E-state index >= 15 is 0 Å². The molecule has 33 heavy (non-hydrogen) atoms. The zero-order valence-corrected chi connectivity index (χ0v) is 21.4. The van der Waals surface area contributed by atoms with Crippen LogP contribution in [0.5, 0.6) is 0 Å². The number of hydrogen-bond acceptors (Lipinski definition) is 4. The minimum Gasteiger partial charge on any atom is -0.512 e. The summed E-state index contributed by atoms with van der Waals surface area (Å²) < 4.78 is 0. The molecule has 0 aliphatic heterocycles. The molecular weight excluding hydrogens is 589 g/mol. The van der Waals surface area contributed by atoms with E-state index in [1.165, 1.54) is 25.5 Å². The average Bonchev–Trinajstić information content (AvgIpc) is 2.77. The van der Waals surface area contributed by atoms with E-state index in [0.29, 0.717) is 11.5 Å². The van der Waals surface area contributed by atoms with E-state index in [9.17, 15) is 10.1 Å². The number of pyridine rings is 1. The molecule has 1 aromatic heterocycles. The number of aromatic nitrogens is 1. The molecule has 0 saturated heterocycles. The number of carbonyl (C=O) groups excluding carboxylic acids is 1. The van der Waals surface area contributed by atoms with Gasteiger partial charge in [-0.15, -0.1) is 23.6 Å². The van der Waals surface area contributed by atoms with Crippen LogP contribution in [-0.2, 0) is 24.9 Å². The predicted molar refractivity (Wildman–Crippen MR) is 129 cm³/mol. The first-order chi connectivity index (χ1) is 15.3. The summed E-state index contributed by atoms with van der Waals surface area (Å²) in [6.45, 7) is 7.24. The molecule has 0 unspecified atom stereocenters.